The van der Waals surface area contributed by atoms with Crippen LogP contribution >= 0.6 is 0 Å². The third kappa shape index (κ3) is 4.59. The lowest BCUT2D eigenvalue weighted by Crippen LogP contribution is -2.37. The molecule has 8 nitrogen and oxygen atoms in total. The number of nitrogens with zero attached hydrogens (tertiary/aromatic N) is 2. The molecule has 0 radical (unpaired) electrons. The average Bonchev–Trinajstić information content (AvgIpc) is 2.64. The summed E-state index contributed by atoms with van der Waals surface area (Å²) < 4.78 is 27.1. The molecule has 2 aliphatic rings. The molecule has 0 spiro atoms. The molecule has 2 N–H and O–H groups in total. The Morgan fingerprint density at radius 1 is 1.15 bits per heavy atom. The highest BCUT2D eigenvalue weighted by molar-refractivity contribution is 7.89. The number of nitro groups is 1. The van der Waals surface area contributed by atoms with Gasteiger partial charge in [-0.25, -0.2) is 8.42 Å². The van der Waals surface area contributed by atoms with Crippen LogP contribution in [0.2, 0.25) is 0 Å². The maximum Gasteiger partial charge on any atom is 0.293 e. The van der Waals surface area contributed by atoms with Gasteiger partial charge < -0.3 is 10.4 Å². The second-order valence-corrected chi connectivity index (χ2v) is 9.61. The molecule has 150 valence electrons. The van der Waals surface area contributed by atoms with E-state index in [2.05, 4.69) is 12.2 Å². The van der Waals surface area contributed by atoms with Crippen molar-refractivity contribution in [3.8, 4) is 0 Å². The van der Waals surface area contributed by atoms with Gasteiger partial charge in [0.05, 0.1) is 15.9 Å². The van der Waals surface area contributed by atoms with E-state index in [0.29, 0.717) is 37.5 Å². The predicted molar refractivity (Wildman–Crippen MR) is 102 cm³/mol. The van der Waals surface area contributed by atoms with E-state index in [1.165, 1.54) is 16.4 Å². The van der Waals surface area contributed by atoms with Crippen molar-refractivity contribution in [3.05, 3.63) is 28.3 Å². The molecule has 1 saturated carbocycles. The van der Waals surface area contributed by atoms with Crippen LogP contribution in [0.4, 0.5) is 11.4 Å². The van der Waals surface area contributed by atoms with Crippen molar-refractivity contribution in [2.45, 2.75) is 62.5 Å². The first-order chi connectivity index (χ1) is 12.8. The van der Waals surface area contributed by atoms with Gasteiger partial charge in [0.15, 0.2) is 0 Å². The van der Waals surface area contributed by atoms with E-state index in [1.807, 2.05) is 0 Å². The fourth-order valence-corrected chi connectivity index (χ4v) is 5.25. The molecule has 1 saturated heterocycles. The van der Waals surface area contributed by atoms with Gasteiger partial charge in [0.1, 0.15) is 5.69 Å². The third-order valence-corrected chi connectivity index (χ3v) is 7.50. The van der Waals surface area contributed by atoms with Gasteiger partial charge in [0.2, 0.25) is 10.0 Å². The van der Waals surface area contributed by atoms with Gasteiger partial charge >= 0.3 is 0 Å². The number of rotatable bonds is 5. The van der Waals surface area contributed by atoms with Crippen LogP contribution in [-0.4, -0.2) is 48.0 Å². The van der Waals surface area contributed by atoms with E-state index < -0.39 is 14.9 Å². The van der Waals surface area contributed by atoms with E-state index >= 15 is 0 Å². The molecule has 9 heteroatoms. The number of piperidine rings is 1. The molecule has 0 atom stereocenters. The molecule has 1 aliphatic heterocycles. The highest BCUT2D eigenvalue weighted by atomic mass is 32.2. The minimum Gasteiger partial charge on any atom is -0.393 e. The van der Waals surface area contributed by atoms with Gasteiger partial charge in [0.25, 0.3) is 5.69 Å². The number of nitro benzene ring substituents is 1. The predicted octanol–water partition coefficient (Wildman–Crippen LogP) is 2.73. The maximum absolute atomic E-state index is 12.9. The zero-order valence-corrected chi connectivity index (χ0v) is 16.3. The Morgan fingerprint density at radius 2 is 1.78 bits per heavy atom. The van der Waals surface area contributed by atoms with Crippen LogP contribution in [0.15, 0.2) is 23.1 Å². The molecule has 0 unspecified atom stereocenters. The van der Waals surface area contributed by atoms with Crippen molar-refractivity contribution in [2.75, 3.05) is 18.4 Å². The number of benzene rings is 1. The molecule has 1 aliphatic carbocycles. The normalized spacial score (nSPS) is 25.3. The minimum atomic E-state index is -3.73. The molecule has 27 heavy (non-hydrogen) atoms. The van der Waals surface area contributed by atoms with Crippen molar-refractivity contribution in [1.82, 2.24) is 4.31 Å². The quantitative estimate of drug-likeness (QED) is 0.583. The van der Waals surface area contributed by atoms with Gasteiger partial charge in [0, 0.05) is 25.2 Å². The lowest BCUT2D eigenvalue weighted by molar-refractivity contribution is -0.384. The summed E-state index contributed by atoms with van der Waals surface area (Å²) in [6.45, 7) is 2.99. The van der Waals surface area contributed by atoms with Gasteiger partial charge in [-0.2, -0.15) is 4.31 Å². The number of hydrogen-bond donors (Lipinski definition) is 2. The summed E-state index contributed by atoms with van der Waals surface area (Å²) in [5, 5.41) is 24.3. The fourth-order valence-electron chi connectivity index (χ4n) is 3.76. The summed E-state index contributed by atoms with van der Waals surface area (Å²) in [5.74, 6) is 0.492. The summed E-state index contributed by atoms with van der Waals surface area (Å²) in [7, 11) is -3.73. The molecule has 1 heterocycles. The first kappa shape index (κ1) is 20.0. The van der Waals surface area contributed by atoms with Gasteiger partial charge in [-0.05, 0) is 56.6 Å². The monoisotopic (exact) mass is 397 g/mol. The Bertz CT molecular complexity index is 782. The van der Waals surface area contributed by atoms with Crippen LogP contribution in [0.25, 0.3) is 0 Å². The Hall–Kier alpha value is -1.71. The Labute approximate surface area is 159 Å². The van der Waals surface area contributed by atoms with Gasteiger partial charge in [-0.3, -0.25) is 10.1 Å². The first-order valence-corrected chi connectivity index (χ1v) is 10.9. The Balaban J connectivity index is 1.82. The van der Waals surface area contributed by atoms with E-state index in [4.69, 9.17) is 0 Å². The largest absolute Gasteiger partial charge is 0.393 e. The van der Waals surface area contributed by atoms with Crippen molar-refractivity contribution in [3.63, 3.8) is 0 Å². The van der Waals surface area contributed by atoms with E-state index in [1.54, 1.807) is 0 Å². The molecule has 3 rings (SSSR count). The van der Waals surface area contributed by atoms with Crippen molar-refractivity contribution >= 4 is 21.4 Å². The Kier molecular flexibility index (Phi) is 6.02. The SMILES string of the molecule is CC1CCN(S(=O)(=O)c2ccc(NC3CCC(O)CC3)c([N+](=O)[O-])c2)CC1. The zero-order valence-electron chi connectivity index (χ0n) is 15.5. The van der Waals surface area contributed by atoms with Crippen LogP contribution in [0.5, 0.6) is 0 Å². The number of hydrogen-bond acceptors (Lipinski definition) is 6. The van der Waals surface area contributed by atoms with E-state index in [-0.39, 0.29) is 22.7 Å². The summed E-state index contributed by atoms with van der Waals surface area (Å²) in [6, 6.07) is 4.13. The number of anilines is 1. The fraction of sp³-hybridized carbons (Fsp3) is 0.667. The molecular formula is C18H27N3O5S. The smallest absolute Gasteiger partial charge is 0.293 e. The molecule has 0 bridgehead atoms. The standard InChI is InChI=1S/C18H27N3O5S/c1-13-8-10-20(11-9-13)27(25,26)16-6-7-17(18(12-16)21(23)24)19-14-2-4-15(22)5-3-14/h6-7,12-15,19,22H,2-5,8-11H2,1H3. The summed E-state index contributed by atoms with van der Waals surface area (Å²) >= 11 is 0. The van der Waals surface area contributed by atoms with Crippen LogP contribution in [0.3, 0.4) is 0 Å². The molecule has 2 fully saturated rings. The van der Waals surface area contributed by atoms with Gasteiger partial charge in [-0.1, -0.05) is 6.92 Å². The second kappa shape index (κ2) is 8.12. The minimum absolute atomic E-state index is 0.0339. The number of aliphatic hydroxyl groups excluding tert-OH is 1. The lowest BCUT2D eigenvalue weighted by atomic mass is 9.93. The third-order valence-electron chi connectivity index (χ3n) is 5.60. The van der Waals surface area contributed by atoms with E-state index in [0.717, 1.165) is 31.7 Å². The highest BCUT2D eigenvalue weighted by Gasteiger charge is 2.30. The van der Waals surface area contributed by atoms with Crippen LogP contribution in [-0.2, 0) is 10.0 Å². The summed E-state index contributed by atoms with van der Waals surface area (Å²) in [4.78, 5) is 11.0. The zero-order chi connectivity index (χ0) is 19.6. The second-order valence-electron chi connectivity index (χ2n) is 7.67. The molecule has 0 amide bonds. The van der Waals surface area contributed by atoms with Crippen LogP contribution < -0.4 is 5.32 Å². The highest BCUT2D eigenvalue weighted by Crippen LogP contribution is 2.32. The number of aliphatic hydroxyl groups is 1. The van der Waals surface area contributed by atoms with Crippen molar-refractivity contribution < 1.29 is 18.4 Å². The van der Waals surface area contributed by atoms with Crippen molar-refractivity contribution in [2.24, 2.45) is 5.92 Å². The Morgan fingerprint density at radius 3 is 2.37 bits per heavy atom. The van der Waals surface area contributed by atoms with Crippen LogP contribution in [0, 0.1) is 16.0 Å². The number of nitrogens with one attached hydrogen (secondary N) is 1. The topological polar surface area (TPSA) is 113 Å². The maximum atomic E-state index is 12.9. The average molecular weight is 397 g/mol. The lowest BCUT2D eigenvalue weighted by Gasteiger charge is -2.29. The van der Waals surface area contributed by atoms with Crippen molar-refractivity contribution in [1.29, 1.82) is 0 Å². The summed E-state index contributed by atoms with van der Waals surface area (Å²) in [5.41, 5.74) is 0.0974. The first-order valence-electron chi connectivity index (χ1n) is 9.50. The molecule has 1 aromatic carbocycles. The number of sulfonamides is 1. The summed E-state index contributed by atoms with van der Waals surface area (Å²) in [6.07, 6.45) is 4.06. The van der Waals surface area contributed by atoms with Crippen LogP contribution in [0.1, 0.15) is 45.4 Å². The van der Waals surface area contributed by atoms with E-state index in [9.17, 15) is 23.6 Å². The molecule has 0 aromatic heterocycles. The molecule has 1 aromatic rings. The molecular weight excluding hydrogens is 370 g/mol. The van der Waals surface area contributed by atoms with Gasteiger partial charge in [-0.15, -0.1) is 0 Å².